The molecule has 0 fully saturated rings. The smallest absolute Gasteiger partial charge is 0.336 e. The Morgan fingerprint density at radius 1 is 0.839 bits per heavy atom. The number of benzene rings is 3. The van der Waals surface area contributed by atoms with Gasteiger partial charge in [0.2, 0.25) is 0 Å². The van der Waals surface area contributed by atoms with E-state index < -0.39 is 5.97 Å². The molecule has 0 unspecified atom stereocenters. The Balaban J connectivity index is 2.14. The molecule has 3 aromatic rings. The third kappa shape index (κ3) is 4.80. The zero-order chi connectivity index (χ0) is 22.5. The Kier molecular flexibility index (Phi) is 6.81. The van der Waals surface area contributed by atoms with Gasteiger partial charge >= 0.3 is 5.97 Å². The normalized spacial score (nSPS) is 10.3. The van der Waals surface area contributed by atoms with Crippen LogP contribution in [-0.4, -0.2) is 38.3 Å². The van der Waals surface area contributed by atoms with E-state index in [2.05, 4.69) is 21.2 Å². The van der Waals surface area contributed by atoms with Crippen LogP contribution in [-0.2, 0) is 0 Å². The summed E-state index contributed by atoms with van der Waals surface area (Å²) in [6.45, 7) is 0. The van der Waals surface area contributed by atoms with E-state index in [4.69, 9.17) is 14.2 Å². The van der Waals surface area contributed by atoms with Crippen LogP contribution in [0.25, 0.3) is 11.1 Å². The summed E-state index contributed by atoms with van der Waals surface area (Å²) in [7, 11) is 4.54. The topological polar surface area (TPSA) is 94.1 Å². The second kappa shape index (κ2) is 9.53. The van der Waals surface area contributed by atoms with Crippen LogP contribution in [0.5, 0.6) is 17.2 Å². The summed E-state index contributed by atoms with van der Waals surface area (Å²) in [6, 6.07) is 14.6. The lowest BCUT2D eigenvalue weighted by Gasteiger charge is -2.17. The molecule has 3 aromatic carbocycles. The maximum absolute atomic E-state index is 12.9. The molecule has 0 radical (unpaired) electrons. The summed E-state index contributed by atoms with van der Waals surface area (Å²) >= 11 is 3.49. The van der Waals surface area contributed by atoms with Crippen LogP contribution < -0.4 is 19.5 Å². The first-order valence-electron chi connectivity index (χ1n) is 9.12. The van der Waals surface area contributed by atoms with E-state index in [0.29, 0.717) is 44.1 Å². The van der Waals surface area contributed by atoms with Crippen molar-refractivity contribution in [3.63, 3.8) is 0 Å². The highest BCUT2D eigenvalue weighted by atomic mass is 79.9. The van der Waals surface area contributed by atoms with Gasteiger partial charge in [-0.25, -0.2) is 4.79 Å². The number of hydrogen-bond donors (Lipinski definition) is 2. The Bertz CT molecular complexity index is 1130. The molecular weight excluding hydrogens is 466 g/mol. The lowest BCUT2D eigenvalue weighted by molar-refractivity contribution is 0.0697. The molecule has 160 valence electrons. The molecule has 0 heterocycles. The maximum Gasteiger partial charge on any atom is 0.336 e. The molecule has 0 spiro atoms. The SMILES string of the molecule is COc1ccc(C(=O)Nc2cc(OC)cc(Br)c2-c2cc(OC)ccc2C(=O)O)cc1. The Morgan fingerprint density at radius 3 is 2.03 bits per heavy atom. The summed E-state index contributed by atoms with van der Waals surface area (Å²) in [6.07, 6.45) is 0. The van der Waals surface area contributed by atoms with E-state index in [-0.39, 0.29) is 11.5 Å². The fourth-order valence-electron chi connectivity index (χ4n) is 3.05. The largest absolute Gasteiger partial charge is 0.497 e. The van der Waals surface area contributed by atoms with Crippen molar-refractivity contribution in [2.75, 3.05) is 26.6 Å². The second-order valence-electron chi connectivity index (χ2n) is 6.43. The number of ether oxygens (including phenoxy) is 3. The second-order valence-corrected chi connectivity index (χ2v) is 7.29. The summed E-state index contributed by atoms with van der Waals surface area (Å²) in [5.74, 6) is 0.121. The summed E-state index contributed by atoms with van der Waals surface area (Å²) in [5.41, 5.74) is 1.72. The summed E-state index contributed by atoms with van der Waals surface area (Å²) in [4.78, 5) is 24.8. The van der Waals surface area contributed by atoms with Crippen molar-refractivity contribution < 1.29 is 28.9 Å². The van der Waals surface area contributed by atoms with Crippen LogP contribution in [0.2, 0.25) is 0 Å². The Morgan fingerprint density at radius 2 is 1.45 bits per heavy atom. The number of carboxylic acids is 1. The fourth-order valence-corrected chi connectivity index (χ4v) is 3.71. The van der Waals surface area contributed by atoms with E-state index in [0.717, 1.165) is 0 Å². The number of halogens is 1. The third-order valence-electron chi connectivity index (χ3n) is 4.63. The van der Waals surface area contributed by atoms with Crippen molar-refractivity contribution in [3.05, 3.63) is 70.2 Å². The van der Waals surface area contributed by atoms with E-state index in [1.807, 2.05) is 0 Å². The Labute approximate surface area is 187 Å². The number of nitrogens with one attached hydrogen (secondary N) is 1. The number of hydrogen-bond acceptors (Lipinski definition) is 5. The van der Waals surface area contributed by atoms with Gasteiger partial charge < -0.3 is 24.6 Å². The lowest BCUT2D eigenvalue weighted by atomic mass is 9.97. The van der Waals surface area contributed by atoms with Crippen molar-refractivity contribution >= 4 is 33.5 Å². The van der Waals surface area contributed by atoms with Crippen LogP contribution in [0.1, 0.15) is 20.7 Å². The van der Waals surface area contributed by atoms with E-state index in [1.54, 1.807) is 55.6 Å². The molecule has 0 bridgehead atoms. The van der Waals surface area contributed by atoms with Crippen LogP contribution >= 0.6 is 15.9 Å². The van der Waals surface area contributed by atoms with E-state index >= 15 is 0 Å². The first-order valence-corrected chi connectivity index (χ1v) is 9.92. The number of carbonyl (C=O) groups excluding carboxylic acids is 1. The third-order valence-corrected chi connectivity index (χ3v) is 5.25. The highest BCUT2D eigenvalue weighted by Crippen LogP contribution is 2.41. The minimum atomic E-state index is -1.10. The minimum absolute atomic E-state index is 0.0617. The van der Waals surface area contributed by atoms with Gasteiger partial charge in [-0.2, -0.15) is 0 Å². The highest BCUT2D eigenvalue weighted by molar-refractivity contribution is 9.10. The molecule has 0 aromatic heterocycles. The average Bonchev–Trinajstić information content (AvgIpc) is 2.78. The van der Waals surface area contributed by atoms with E-state index in [1.165, 1.54) is 20.3 Å². The number of methoxy groups -OCH3 is 3. The molecule has 8 heteroatoms. The number of carboxylic acid groups (broad SMARTS) is 1. The summed E-state index contributed by atoms with van der Waals surface area (Å²) in [5, 5.41) is 12.6. The van der Waals surface area contributed by atoms with Crippen LogP contribution in [0, 0.1) is 0 Å². The van der Waals surface area contributed by atoms with Crippen LogP contribution in [0.15, 0.2) is 59.1 Å². The lowest BCUT2D eigenvalue weighted by Crippen LogP contribution is -2.13. The van der Waals surface area contributed by atoms with Gasteiger partial charge in [-0.15, -0.1) is 0 Å². The van der Waals surface area contributed by atoms with Gasteiger partial charge in [0.05, 0.1) is 32.6 Å². The van der Waals surface area contributed by atoms with Crippen LogP contribution in [0.3, 0.4) is 0 Å². The molecule has 1 amide bonds. The first-order chi connectivity index (χ1) is 14.9. The average molecular weight is 486 g/mol. The molecule has 0 atom stereocenters. The molecule has 0 saturated heterocycles. The molecule has 31 heavy (non-hydrogen) atoms. The summed E-state index contributed by atoms with van der Waals surface area (Å²) < 4.78 is 16.3. The molecular formula is C23H20BrNO6. The van der Waals surface area contributed by atoms with Crippen molar-refractivity contribution in [2.24, 2.45) is 0 Å². The minimum Gasteiger partial charge on any atom is -0.497 e. The maximum atomic E-state index is 12.9. The predicted molar refractivity (Wildman–Crippen MR) is 121 cm³/mol. The van der Waals surface area contributed by atoms with Gasteiger partial charge in [-0.05, 0) is 64.5 Å². The van der Waals surface area contributed by atoms with E-state index in [9.17, 15) is 14.7 Å². The van der Waals surface area contributed by atoms with Gasteiger partial charge in [-0.3, -0.25) is 4.79 Å². The molecule has 0 aliphatic heterocycles. The number of anilines is 1. The first kappa shape index (κ1) is 22.2. The number of amides is 1. The highest BCUT2D eigenvalue weighted by Gasteiger charge is 2.21. The fraction of sp³-hybridized carbons (Fsp3) is 0.130. The quantitative estimate of drug-likeness (QED) is 0.483. The van der Waals surface area contributed by atoms with Gasteiger partial charge in [0, 0.05) is 27.2 Å². The van der Waals surface area contributed by atoms with Crippen molar-refractivity contribution in [3.8, 4) is 28.4 Å². The zero-order valence-electron chi connectivity index (χ0n) is 17.1. The zero-order valence-corrected chi connectivity index (χ0v) is 18.6. The molecule has 7 nitrogen and oxygen atoms in total. The number of aromatic carboxylic acids is 1. The molecule has 0 aliphatic carbocycles. The van der Waals surface area contributed by atoms with Gasteiger partial charge in [-0.1, -0.05) is 0 Å². The van der Waals surface area contributed by atoms with Gasteiger partial charge in [0.25, 0.3) is 5.91 Å². The van der Waals surface area contributed by atoms with Crippen molar-refractivity contribution in [2.45, 2.75) is 0 Å². The number of carbonyl (C=O) groups is 2. The molecule has 3 rings (SSSR count). The van der Waals surface area contributed by atoms with Crippen molar-refractivity contribution in [1.29, 1.82) is 0 Å². The monoisotopic (exact) mass is 485 g/mol. The van der Waals surface area contributed by atoms with Crippen LogP contribution in [0.4, 0.5) is 5.69 Å². The number of rotatable bonds is 7. The molecule has 2 N–H and O–H groups in total. The van der Waals surface area contributed by atoms with Gasteiger partial charge in [0.15, 0.2) is 0 Å². The molecule has 0 aliphatic rings. The van der Waals surface area contributed by atoms with Gasteiger partial charge in [0.1, 0.15) is 17.2 Å². The molecule has 0 saturated carbocycles. The standard InChI is InChI=1S/C23H20BrNO6/c1-29-14-6-4-13(5-7-14)22(26)25-20-12-16(31-3)11-19(24)21(20)18-10-15(30-2)8-9-17(18)23(27)28/h4-12H,1-3H3,(H,25,26)(H,27,28). The Hall–Kier alpha value is -3.52. The predicted octanol–water partition coefficient (Wildman–Crippen LogP) is 5.09. The van der Waals surface area contributed by atoms with Crippen molar-refractivity contribution in [1.82, 2.24) is 0 Å².